The van der Waals surface area contributed by atoms with E-state index in [4.69, 9.17) is 4.74 Å². The summed E-state index contributed by atoms with van der Waals surface area (Å²) in [5.41, 5.74) is 5.16. The van der Waals surface area contributed by atoms with E-state index in [0.717, 1.165) is 30.0 Å². The first-order valence-corrected chi connectivity index (χ1v) is 11.5. The molecular weight excluding hydrogens is 304 g/mol. The number of pyridine rings is 1. The van der Waals surface area contributed by atoms with Crippen molar-refractivity contribution < 1.29 is 4.74 Å². The van der Waals surface area contributed by atoms with Crippen LogP contribution in [0.4, 0.5) is 5.82 Å². The van der Waals surface area contributed by atoms with E-state index >= 15 is 0 Å². The zero-order valence-corrected chi connectivity index (χ0v) is 14.9. The monoisotopic (exact) mass is 326 g/mol. The van der Waals surface area contributed by atoms with Crippen LogP contribution in [0.1, 0.15) is 5.56 Å². The molecule has 0 spiro atoms. The third-order valence-electron chi connectivity index (χ3n) is 3.77. The summed E-state index contributed by atoms with van der Waals surface area (Å²) in [6, 6.07) is 7.43. The molecule has 1 N–H and O–H groups in total. The summed E-state index contributed by atoms with van der Waals surface area (Å²) >= 11 is 0. The van der Waals surface area contributed by atoms with E-state index in [1.807, 2.05) is 18.2 Å². The number of ether oxygens (including phenoxy) is 1. The van der Waals surface area contributed by atoms with Gasteiger partial charge in [-0.25, -0.2) is 0 Å². The molecule has 3 rings (SSSR count). The maximum absolute atomic E-state index is 12.5. The van der Waals surface area contributed by atoms with Gasteiger partial charge >= 0.3 is 0 Å². The Labute approximate surface area is 137 Å². The normalized spacial score (nSPS) is 15.3. The van der Waals surface area contributed by atoms with Gasteiger partial charge in [0.15, 0.2) is 5.43 Å². The van der Waals surface area contributed by atoms with Gasteiger partial charge in [0.1, 0.15) is 13.9 Å². The fraction of sp³-hybridized carbons (Fsp3) is 0.389. The van der Waals surface area contributed by atoms with Crippen molar-refractivity contribution in [3.8, 4) is 11.5 Å². The molecule has 1 saturated heterocycles. The Kier molecular flexibility index (Phi) is 4.29. The quantitative estimate of drug-likeness (QED) is 0.647. The van der Waals surface area contributed by atoms with E-state index in [0.29, 0.717) is 18.6 Å². The number of aromatic amines is 1. The van der Waals surface area contributed by atoms with Gasteiger partial charge in [-0.05, 0) is 12.1 Å². The number of morpholine rings is 1. The average molecular weight is 326 g/mol. The number of hydrogen-bond donors (Lipinski definition) is 1. The Balaban J connectivity index is 2.12. The van der Waals surface area contributed by atoms with Crippen LogP contribution in [0.5, 0.6) is 0 Å². The molecule has 0 bridgehead atoms. The van der Waals surface area contributed by atoms with Gasteiger partial charge in [0.2, 0.25) is 0 Å². The van der Waals surface area contributed by atoms with Gasteiger partial charge in [0.25, 0.3) is 0 Å². The molecule has 1 aliphatic heterocycles. The van der Waals surface area contributed by atoms with Gasteiger partial charge in [-0.2, -0.15) is 0 Å². The van der Waals surface area contributed by atoms with Crippen molar-refractivity contribution in [2.24, 2.45) is 0 Å². The minimum atomic E-state index is -1.47. The second-order valence-electron chi connectivity index (χ2n) is 6.85. The first-order valence-electron chi connectivity index (χ1n) is 7.96. The standard InChI is InChI=1S/C18H22N2O2Si/c1-23(2,3)12-7-14-5-4-6-15-16(21)13-17(19-18(14)15)20-8-10-22-11-9-20/h4-6,13H,8-11H2,1-3H3,(H,19,21). The number of rotatable bonds is 1. The van der Waals surface area contributed by atoms with Gasteiger partial charge in [0.05, 0.1) is 18.7 Å². The number of fused-ring (bicyclic) bond motifs is 1. The van der Waals surface area contributed by atoms with Crippen molar-refractivity contribution in [1.29, 1.82) is 0 Å². The minimum absolute atomic E-state index is 0.0388. The van der Waals surface area contributed by atoms with Crippen molar-refractivity contribution in [2.45, 2.75) is 19.6 Å². The smallest absolute Gasteiger partial charge is 0.191 e. The molecule has 1 aromatic carbocycles. The van der Waals surface area contributed by atoms with Crippen LogP contribution >= 0.6 is 0 Å². The largest absolute Gasteiger partial charge is 0.378 e. The van der Waals surface area contributed by atoms with Crippen molar-refractivity contribution in [2.75, 3.05) is 31.2 Å². The van der Waals surface area contributed by atoms with E-state index in [2.05, 4.69) is 41.0 Å². The Morgan fingerprint density at radius 3 is 2.65 bits per heavy atom. The molecular formula is C18H22N2O2Si. The molecule has 0 atom stereocenters. The van der Waals surface area contributed by atoms with Gasteiger partial charge in [0, 0.05) is 30.1 Å². The lowest BCUT2D eigenvalue weighted by Gasteiger charge is -2.28. The van der Waals surface area contributed by atoms with Crippen molar-refractivity contribution >= 4 is 24.8 Å². The molecule has 0 saturated carbocycles. The van der Waals surface area contributed by atoms with Crippen molar-refractivity contribution in [3.05, 3.63) is 40.1 Å². The van der Waals surface area contributed by atoms with Crippen LogP contribution in [0.25, 0.3) is 10.9 Å². The molecule has 120 valence electrons. The maximum atomic E-state index is 12.5. The summed E-state index contributed by atoms with van der Waals surface area (Å²) < 4.78 is 5.39. The molecule has 1 aromatic heterocycles. The summed E-state index contributed by atoms with van der Waals surface area (Å²) in [6.45, 7) is 9.62. The molecule has 2 aromatic rings. The van der Waals surface area contributed by atoms with Gasteiger partial charge in [-0.3, -0.25) is 4.79 Å². The molecule has 5 heteroatoms. The molecule has 0 radical (unpaired) electrons. The van der Waals surface area contributed by atoms with E-state index in [9.17, 15) is 4.79 Å². The lowest BCUT2D eigenvalue weighted by molar-refractivity contribution is 0.122. The highest BCUT2D eigenvalue weighted by atomic mass is 28.3. The zero-order valence-electron chi connectivity index (χ0n) is 13.9. The van der Waals surface area contributed by atoms with E-state index in [-0.39, 0.29) is 5.43 Å². The molecule has 23 heavy (non-hydrogen) atoms. The predicted octanol–water partition coefficient (Wildman–Crippen LogP) is 2.59. The van der Waals surface area contributed by atoms with Crippen LogP contribution in [0.2, 0.25) is 19.6 Å². The number of H-pyrrole nitrogens is 1. The number of para-hydroxylation sites is 1. The van der Waals surface area contributed by atoms with Crippen LogP contribution in [-0.2, 0) is 4.74 Å². The number of benzene rings is 1. The maximum Gasteiger partial charge on any atom is 0.191 e. The van der Waals surface area contributed by atoms with Crippen LogP contribution in [-0.4, -0.2) is 39.4 Å². The third kappa shape index (κ3) is 3.66. The predicted molar refractivity (Wildman–Crippen MR) is 97.8 cm³/mol. The first-order chi connectivity index (χ1) is 10.9. The highest BCUT2D eigenvalue weighted by molar-refractivity contribution is 6.83. The van der Waals surface area contributed by atoms with Crippen molar-refractivity contribution in [1.82, 2.24) is 4.98 Å². The average Bonchev–Trinajstić information content (AvgIpc) is 2.53. The van der Waals surface area contributed by atoms with Crippen LogP contribution in [0.15, 0.2) is 29.1 Å². The summed E-state index contributed by atoms with van der Waals surface area (Å²) in [5.74, 6) is 4.14. The van der Waals surface area contributed by atoms with Crippen LogP contribution in [0.3, 0.4) is 0 Å². The molecule has 2 heterocycles. The van der Waals surface area contributed by atoms with Gasteiger partial charge < -0.3 is 14.6 Å². The Morgan fingerprint density at radius 1 is 1.22 bits per heavy atom. The fourth-order valence-electron chi connectivity index (χ4n) is 2.59. The highest BCUT2D eigenvalue weighted by Crippen LogP contribution is 2.18. The number of hydrogen-bond acceptors (Lipinski definition) is 3. The lowest BCUT2D eigenvalue weighted by atomic mass is 10.1. The first kappa shape index (κ1) is 15.8. The Hall–Kier alpha value is -2.03. The zero-order chi connectivity index (χ0) is 16.4. The number of aromatic nitrogens is 1. The lowest BCUT2D eigenvalue weighted by Crippen LogP contribution is -2.37. The molecule has 1 fully saturated rings. The second kappa shape index (κ2) is 6.23. The fourth-order valence-corrected chi connectivity index (χ4v) is 3.10. The summed E-state index contributed by atoms with van der Waals surface area (Å²) in [7, 11) is -1.47. The number of anilines is 1. The van der Waals surface area contributed by atoms with Gasteiger partial charge in [-0.15, -0.1) is 5.54 Å². The third-order valence-corrected chi connectivity index (χ3v) is 4.65. The number of nitrogens with zero attached hydrogens (tertiary/aromatic N) is 1. The van der Waals surface area contributed by atoms with Crippen molar-refractivity contribution in [3.63, 3.8) is 0 Å². The van der Waals surface area contributed by atoms with E-state index in [1.165, 1.54) is 0 Å². The highest BCUT2D eigenvalue weighted by Gasteiger charge is 2.14. The van der Waals surface area contributed by atoms with Gasteiger partial charge in [-0.1, -0.05) is 31.6 Å². The minimum Gasteiger partial charge on any atom is -0.378 e. The van der Waals surface area contributed by atoms with Crippen LogP contribution in [0, 0.1) is 11.5 Å². The topological polar surface area (TPSA) is 45.3 Å². The second-order valence-corrected chi connectivity index (χ2v) is 11.6. The Morgan fingerprint density at radius 2 is 1.96 bits per heavy atom. The van der Waals surface area contributed by atoms with Crippen LogP contribution < -0.4 is 10.3 Å². The van der Waals surface area contributed by atoms with E-state index in [1.54, 1.807) is 6.07 Å². The molecule has 0 unspecified atom stereocenters. The summed E-state index contributed by atoms with van der Waals surface area (Å²) in [5, 5.41) is 0.699. The molecule has 1 aliphatic rings. The van der Waals surface area contributed by atoms with E-state index < -0.39 is 8.07 Å². The Bertz CT molecular complexity index is 834. The molecule has 0 amide bonds. The number of nitrogens with one attached hydrogen (secondary N) is 1. The molecule has 0 aliphatic carbocycles. The molecule has 4 nitrogen and oxygen atoms in total. The SMILES string of the molecule is C[Si](C)(C)C#Cc1cccc2c(=O)cc(N3CCOCC3)[nH]c12. The summed E-state index contributed by atoms with van der Waals surface area (Å²) in [4.78, 5) is 18.1. The summed E-state index contributed by atoms with van der Waals surface area (Å²) in [6.07, 6.45) is 0.